The van der Waals surface area contributed by atoms with Gasteiger partial charge in [0.1, 0.15) is 0 Å². The standard InChI is InChI=1S/C15H23N3O4S/c1-11(2)13-10-18(7-4-8-22-13)15(19)17-12-5-6-14(16-9-12)23(3,20)21/h5-6,9,11,13H,4,7-8,10H2,1-3H3,(H,17,19). The number of aromatic nitrogens is 1. The summed E-state index contributed by atoms with van der Waals surface area (Å²) in [7, 11) is -3.34. The molecule has 1 aromatic rings. The van der Waals surface area contributed by atoms with E-state index >= 15 is 0 Å². The summed E-state index contributed by atoms with van der Waals surface area (Å²) in [6.45, 7) is 5.96. The summed E-state index contributed by atoms with van der Waals surface area (Å²) in [6.07, 6.45) is 3.26. The first kappa shape index (κ1) is 17.7. The Morgan fingerprint density at radius 1 is 1.43 bits per heavy atom. The van der Waals surface area contributed by atoms with E-state index in [1.165, 1.54) is 18.3 Å². The van der Waals surface area contributed by atoms with Crippen molar-refractivity contribution >= 4 is 21.6 Å². The van der Waals surface area contributed by atoms with Crippen LogP contribution in [0.25, 0.3) is 0 Å². The molecular weight excluding hydrogens is 318 g/mol. The van der Waals surface area contributed by atoms with Crippen molar-refractivity contribution in [2.24, 2.45) is 5.92 Å². The average molecular weight is 341 g/mol. The van der Waals surface area contributed by atoms with Gasteiger partial charge < -0.3 is 15.0 Å². The van der Waals surface area contributed by atoms with Crippen LogP contribution < -0.4 is 5.32 Å². The van der Waals surface area contributed by atoms with Crippen molar-refractivity contribution in [2.75, 3.05) is 31.3 Å². The minimum atomic E-state index is -3.34. The van der Waals surface area contributed by atoms with Crippen LogP contribution in [0.1, 0.15) is 20.3 Å². The molecule has 0 saturated carbocycles. The predicted molar refractivity (Wildman–Crippen MR) is 87.1 cm³/mol. The van der Waals surface area contributed by atoms with Crippen LogP contribution in [0.5, 0.6) is 0 Å². The van der Waals surface area contributed by atoms with Crippen LogP contribution in [0.4, 0.5) is 10.5 Å². The Morgan fingerprint density at radius 2 is 2.17 bits per heavy atom. The summed E-state index contributed by atoms with van der Waals surface area (Å²) < 4.78 is 28.5. The van der Waals surface area contributed by atoms with E-state index in [0.29, 0.717) is 31.3 Å². The first-order valence-corrected chi connectivity index (χ1v) is 9.50. The Labute approximate surface area is 137 Å². The molecule has 1 fully saturated rings. The number of ether oxygens (including phenoxy) is 1. The topological polar surface area (TPSA) is 88.6 Å². The van der Waals surface area contributed by atoms with E-state index in [-0.39, 0.29) is 17.2 Å². The molecule has 128 valence electrons. The summed E-state index contributed by atoms with van der Waals surface area (Å²) in [5.74, 6) is 0.333. The second kappa shape index (κ2) is 7.27. The van der Waals surface area contributed by atoms with Crippen LogP contribution in [-0.4, -0.2) is 56.4 Å². The first-order chi connectivity index (χ1) is 10.8. The lowest BCUT2D eigenvalue weighted by atomic mass is 10.1. The van der Waals surface area contributed by atoms with Gasteiger partial charge in [-0.1, -0.05) is 13.8 Å². The van der Waals surface area contributed by atoms with Crippen molar-refractivity contribution in [3.63, 3.8) is 0 Å². The highest BCUT2D eigenvalue weighted by atomic mass is 32.2. The maximum Gasteiger partial charge on any atom is 0.321 e. The molecule has 2 amide bonds. The molecule has 0 aromatic carbocycles. The first-order valence-electron chi connectivity index (χ1n) is 7.61. The molecule has 1 aliphatic heterocycles. The third-order valence-electron chi connectivity index (χ3n) is 3.70. The van der Waals surface area contributed by atoms with Crippen LogP contribution in [0.3, 0.4) is 0 Å². The van der Waals surface area contributed by atoms with Gasteiger partial charge in [-0.25, -0.2) is 18.2 Å². The Hall–Kier alpha value is -1.67. The highest BCUT2D eigenvalue weighted by Gasteiger charge is 2.24. The summed E-state index contributed by atoms with van der Waals surface area (Å²) in [4.78, 5) is 18.0. The molecule has 7 nitrogen and oxygen atoms in total. The van der Waals surface area contributed by atoms with E-state index in [0.717, 1.165) is 12.7 Å². The summed E-state index contributed by atoms with van der Waals surface area (Å²) in [5.41, 5.74) is 0.466. The number of sulfone groups is 1. The molecule has 2 heterocycles. The van der Waals surface area contributed by atoms with E-state index in [1.807, 2.05) is 0 Å². The molecule has 0 bridgehead atoms. The predicted octanol–water partition coefficient (Wildman–Crippen LogP) is 1.76. The van der Waals surface area contributed by atoms with Crippen LogP contribution in [0.2, 0.25) is 0 Å². The Bertz CT molecular complexity index is 643. The van der Waals surface area contributed by atoms with Crippen LogP contribution >= 0.6 is 0 Å². The highest BCUT2D eigenvalue weighted by molar-refractivity contribution is 7.90. The Balaban J connectivity index is 2.03. The van der Waals surface area contributed by atoms with Crippen molar-refractivity contribution < 1.29 is 17.9 Å². The highest BCUT2D eigenvalue weighted by Crippen LogP contribution is 2.16. The smallest absolute Gasteiger partial charge is 0.321 e. The number of carbonyl (C=O) groups excluding carboxylic acids is 1. The van der Waals surface area contributed by atoms with Crippen LogP contribution in [0.15, 0.2) is 23.4 Å². The maximum atomic E-state index is 12.4. The molecule has 1 N–H and O–H groups in total. The van der Waals surface area contributed by atoms with Gasteiger partial charge in [-0.15, -0.1) is 0 Å². The van der Waals surface area contributed by atoms with E-state index in [2.05, 4.69) is 24.1 Å². The summed E-state index contributed by atoms with van der Waals surface area (Å²) in [5, 5.41) is 2.74. The molecule has 1 aliphatic rings. The largest absolute Gasteiger partial charge is 0.376 e. The number of nitrogens with one attached hydrogen (secondary N) is 1. The van der Waals surface area contributed by atoms with Gasteiger partial charge in [0.25, 0.3) is 0 Å². The lowest BCUT2D eigenvalue weighted by molar-refractivity contribution is 0.0273. The normalized spacial score (nSPS) is 19.5. The van der Waals surface area contributed by atoms with E-state index in [1.54, 1.807) is 4.90 Å². The Morgan fingerprint density at radius 3 is 2.74 bits per heavy atom. The van der Waals surface area contributed by atoms with Gasteiger partial charge in [0.15, 0.2) is 14.9 Å². The van der Waals surface area contributed by atoms with Crippen LogP contribution in [0, 0.1) is 5.92 Å². The van der Waals surface area contributed by atoms with Gasteiger partial charge >= 0.3 is 6.03 Å². The number of carbonyl (C=O) groups is 1. The second-order valence-electron chi connectivity index (χ2n) is 6.04. The van der Waals surface area contributed by atoms with Crippen molar-refractivity contribution in [3.05, 3.63) is 18.3 Å². The minimum Gasteiger partial charge on any atom is -0.376 e. The fraction of sp³-hybridized carbons (Fsp3) is 0.600. The van der Waals surface area contributed by atoms with E-state index < -0.39 is 9.84 Å². The zero-order chi connectivity index (χ0) is 17.0. The van der Waals surface area contributed by atoms with Crippen LogP contribution in [-0.2, 0) is 14.6 Å². The fourth-order valence-corrected chi connectivity index (χ4v) is 2.87. The van der Waals surface area contributed by atoms with E-state index in [4.69, 9.17) is 4.74 Å². The van der Waals surface area contributed by atoms with Gasteiger partial charge in [0.2, 0.25) is 0 Å². The van der Waals surface area contributed by atoms with Gasteiger partial charge in [-0.05, 0) is 24.5 Å². The second-order valence-corrected chi connectivity index (χ2v) is 8.00. The number of urea groups is 1. The molecule has 0 aliphatic carbocycles. The molecular formula is C15H23N3O4S. The third kappa shape index (κ3) is 4.90. The number of nitrogens with zero attached hydrogens (tertiary/aromatic N) is 2. The van der Waals surface area contributed by atoms with Crippen molar-refractivity contribution in [3.8, 4) is 0 Å². The maximum absolute atomic E-state index is 12.4. The Kier molecular flexibility index (Phi) is 5.59. The molecule has 1 saturated heterocycles. The lowest BCUT2D eigenvalue weighted by Gasteiger charge is -2.26. The molecule has 23 heavy (non-hydrogen) atoms. The van der Waals surface area contributed by atoms with Gasteiger partial charge in [0.05, 0.1) is 18.0 Å². The number of amides is 2. The molecule has 0 spiro atoms. The number of hydrogen-bond donors (Lipinski definition) is 1. The lowest BCUT2D eigenvalue weighted by Crippen LogP contribution is -2.41. The monoisotopic (exact) mass is 341 g/mol. The molecule has 1 atom stereocenters. The summed E-state index contributed by atoms with van der Waals surface area (Å²) >= 11 is 0. The summed E-state index contributed by atoms with van der Waals surface area (Å²) in [6, 6.07) is 2.69. The molecule has 0 radical (unpaired) electrons. The third-order valence-corrected chi connectivity index (χ3v) is 4.70. The molecule has 8 heteroatoms. The molecule has 1 unspecified atom stereocenters. The van der Waals surface area contributed by atoms with E-state index in [9.17, 15) is 13.2 Å². The van der Waals surface area contributed by atoms with Crippen molar-refractivity contribution in [1.82, 2.24) is 9.88 Å². The quantitative estimate of drug-likeness (QED) is 0.905. The van der Waals surface area contributed by atoms with Crippen molar-refractivity contribution in [2.45, 2.75) is 31.4 Å². The van der Waals surface area contributed by atoms with Gasteiger partial charge in [0, 0.05) is 26.0 Å². The average Bonchev–Trinajstić information content (AvgIpc) is 2.73. The fourth-order valence-electron chi connectivity index (χ4n) is 2.32. The SMILES string of the molecule is CC(C)C1CN(C(=O)Nc2ccc(S(C)(=O)=O)nc2)CCCO1. The number of rotatable bonds is 3. The zero-order valence-electron chi connectivity index (χ0n) is 13.7. The molecule has 1 aromatic heterocycles. The minimum absolute atomic E-state index is 0.0152. The van der Waals surface area contributed by atoms with Gasteiger partial charge in [-0.2, -0.15) is 0 Å². The zero-order valence-corrected chi connectivity index (χ0v) is 14.5. The number of hydrogen-bond acceptors (Lipinski definition) is 5. The molecule has 2 rings (SSSR count). The number of pyridine rings is 1. The van der Waals surface area contributed by atoms with Gasteiger partial charge in [-0.3, -0.25) is 0 Å². The number of anilines is 1. The van der Waals surface area contributed by atoms with Crippen molar-refractivity contribution in [1.29, 1.82) is 0 Å².